The highest BCUT2D eigenvalue weighted by Crippen LogP contribution is 2.20. The van der Waals surface area contributed by atoms with Crippen LogP contribution in [-0.2, 0) is 4.79 Å². The van der Waals surface area contributed by atoms with Crippen molar-refractivity contribution in [2.75, 3.05) is 0 Å². The Morgan fingerprint density at radius 2 is 2.40 bits per heavy atom. The predicted octanol–water partition coefficient (Wildman–Crippen LogP) is 1.71. The van der Waals surface area contributed by atoms with Crippen molar-refractivity contribution in [1.82, 2.24) is 0 Å². The third kappa shape index (κ3) is 1.29. The first-order valence-corrected chi connectivity index (χ1v) is 2.90. The van der Waals surface area contributed by atoms with Crippen LogP contribution in [-0.4, -0.2) is 12.5 Å². The Labute approximate surface area is 57.0 Å². The van der Waals surface area contributed by atoms with Gasteiger partial charge in [0.05, 0.1) is 0 Å². The Bertz CT molecular complexity index is 206. The first-order chi connectivity index (χ1) is 4.74. The van der Waals surface area contributed by atoms with Gasteiger partial charge < -0.3 is 0 Å². The molecule has 0 spiro atoms. The fourth-order valence-corrected chi connectivity index (χ4v) is 0.743. The summed E-state index contributed by atoms with van der Waals surface area (Å²) in [6.07, 6.45) is 1.22. The number of rotatable bonds is 1. The summed E-state index contributed by atoms with van der Waals surface area (Å²) >= 11 is 0. The number of alkyl halides is 1. The number of hydrogen-bond donors (Lipinski definition) is 0. The smallest absolute Gasteiger partial charge is 0.155 e. The summed E-state index contributed by atoms with van der Waals surface area (Å²) < 4.78 is 24.6. The molecule has 1 aliphatic rings. The van der Waals surface area contributed by atoms with E-state index >= 15 is 0 Å². The lowest BCUT2D eigenvalue weighted by atomic mass is 10.1. The van der Waals surface area contributed by atoms with E-state index in [1.54, 1.807) is 0 Å². The lowest BCUT2D eigenvalue weighted by Gasteiger charge is -2.07. The topological polar surface area (TPSA) is 17.1 Å². The van der Waals surface area contributed by atoms with Gasteiger partial charge in [-0.05, 0) is 6.08 Å². The monoisotopic (exact) mass is 144 g/mol. The van der Waals surface area contributed by atoms with Gasteiger partial charge in [-0.2, -0.15) is 0 Å². The first-order valence-electron chi connectivity index (χ1n) is 2.90. The van der Waals surface area contributed by atoms with Gasteiger partial charge in [0, 0.05) is 12.0 Å². The van der Waals surface area contributed by atoms with Crippen LogP contribution in [0, 0.1) is 0 Å². The normalized spacial score (nSPS) is 25.2. The van der Waals surface area contributed by atoms with Crippen molar-refractivity contribution >= 4 is 6.29 Å². The summed E-state index contributed by atoms with van der Waals surface area (Å²) in [6, 6.07) is 0. The van der Waals surface area contributed by atoms with Crippen LogP contribution in [0.25, 0.3) is 0 Å². The largest absolute Gasteiger partial charge is 0.298 e. The number of carbonyl (C=O) groups excluding carboxylic acids is 1. The highest BCUT2D eigenvalue weighted by atomic mass is 19.2. The molecule has 0 aromatic carbocycles. The van der Waals surface area contributed by atoms with Crippen molar-refractivity contribution in [1.29, 1.82) is 0 Å². The molecule has 1 rings (SSSR count). The van der Waals surface area contributed by atoms with Gasteiger partial charge >= 0.3 is 0 Å². The molecule has 3 heteroatoms. The standard InChI is InChI=1S/C7H6F2O/c8-6-2-1-5(4-10)3-7(6)9/h1,3-4,6H,2H2. The van der Waals surface area contributed by atoms with Crippen LogP contribution in [0.4, 0.5) is 8.78 Å². The van der Waals surface area contributed by atoms with Gasteiger partial charge in [0.25, 0.3) is 0 Å². The van der Waals surface area contributed by atoms with Crippen molar-refractivity contribution in [3.63, 3.8) is 0 Å². The maximum absolute atomic E-state index is 12.3. The quantitative estimate of drug-likeness (QED) is 0.512. The van der Waals surface area contributed by atoms with E-state index < -0.39 is 12.0 Å². The molecule has 0 N–H and O–H groups in total. The van der Waals surface area contributed by atoms with Crippen molar-refractivity contribution in [3.8, 4) is 0 Å². The summed E-state index contributed by atoms with van der Waals surface area (Å²) in [5.41, 5.74) is 0.214. The van der Waals surface area contributed by atoms with Gasteiger partial charge in [-0.25, -0.2) is 8.78 Å². The molecular formula is C7H6F2O. The average molecular weight is 144 g/mol. The minimum absolute atomic E-state index is 0.0313. The summed E-state index contributed by atoms with van der Waals surface area (Å²) in [7, 11) is 0. The lowest BCUT2D eigenvalue weighted by molar-refractivity contribution is -0.104. The van der Waals surface area contributed by atoms with E-state index in [-0.39, 0.29) is 12.0 Å². The van der Waals surface area contributed by atoms with Gasteiger partial charge in [-0.1, -0.05) is 6.08 Å². The van der Waals surface area contributed by atoms with E-state index in [1.807, 2.05) is 0 Å². The van der Waals surface area contributed by atoms with Crippen LogP contribution >= 0.6 is 0 Å². The summed E-state index contributed by atoms with van der Waals surface area (Å²) in [5, 5.41) is 0. The minimum atomic E-state index is -1.55. The average Bonchev–Trinajstić information content (AvgIpc) is 1.95. The Morgan fingerprint density at radius 3 is 2.90 bits per heavy atom. The first kappa shape index (κ1) is 7.12. The predicted molar refractivity (Wildman–Crippen MR) is 32.9 cm³/mol. The Kier molecular flexibility index (Phi) is 1.94. The van der Waals surface area contributed by atoms with Crippen LogP contribution in [0.1, 0.15) is 6.42 Å². The molecule has 0 heterocycles. The van der Waals surface area contributed by atoms with E-state index in [0.29, 0.717) is 6.29 Å². The maximum atomic E-state index is 12.3. The Morgan fingerprint density at radius 1 is 1.70 bits per heavy atom. The number of halogens is 2. The van der Waals surface area contributed by atoms with Crippen molar-refractivity contribution in [3.05, 3.63) is 23.6 Å². The van der Waals surface area contributed by atoms with Gasteiger partial charge in [-0.3, -0.25) is 4.79 Å². The second kappa shape index (κ2) is 2.73. The van der Waals surface area contributed by atoms with Crippen LogP contribution < -0.4 is 0 Å². The number of aldehydes is 1. The minimum Gasteiger partial charge on any atom is -0.298 e. The Balaban J connectivity index is 2.78. The van der Waals surface area contributed by atoms with Gasteiger partial charge in [0.2, 0.25) is 0 Å². The molecule has 1 unspecified atom stereocenters. The van der Waals surface area contributed by atoms with Gasteiger partial charge in [0.1, 0.15) is 12.1 Å². The zero-order valence-corrected chi connectivity index (χ0v) is 5.18. The van der Waals surface area contributed by atoms with Gasteiger partial charge in [-0.15, -0.1) is 0 Å². The van der Waals surface area contributed by atoms with E-state index in [1.165, 1.54) is 6.08 Å². The van der Waals surface area contributed by atoms with Crippen LogP contribution in [0.3, 0.4) is 0 Å². The zero-order valence-electron chi connectivity index (χ0n) is 5.18. The van der Waals surface area contributed by atoms with Crippen molar-refractivity contribution in [2.45, 2.75) is 12.6 Å². The summed E-state index contributed by atoms with van der Waals surface area (Å²) in [5.74, 6) is -0.857. The molecular weight excluding hydrogens is 138 g/mol. The van der Waals surface area contributed by atoms with E-state index in [9.17, 15) is 13.6 Å². The fourth-order valence-electron chi connectivity index (χ4n) is 0.743. The molecule has 0 saturated heterocycles. The highest BCUT2D eigenvalue weighted by Gasteiger charge is 2.15. The number of carbonyl (C=O) groups is 1. The Hall–Kier alpha value is -0.990. The molecule has 1 aliphatic carbocycles. The maximum Gasteiger partial charge on any atom is 0.155 e. The third-order valence-electron chi connectivity index (χ3n) is 1.30. The molecule has 10 heavy (non-hydrogen) atoms. The van der Waals surface area contributed by atoms with Crippen molar-refractivity contribution < 1.29 is 13.6 Å². The summed E-state index contributed by atoms with van der Waals surface area (Å²) in [6.45, 7) is 0. The second-order valence-electron chi connectivity index (χ2n) is 2.05. The third-order valence-corrected chi connectivity index (χ3v) is 1.30. The lowest BCUT2D eigenvalue weighted by Crippen LogP contribution is -2.04. The SMILES string of the molecule is O=CC1=CCC(F)C(F)=C1. The van der Waals surface area contributed by atoms with Crippen LogP contribution in [0.15, 0.2) is 23.6 Å². The molecule has 0 saturated carbocycles. The molecule has 0 aromatic heterocycles. The molecule has 0 radical (unpaired) electrons. The van der Waals surface area contributed by atoms with Crippen LogP contribution in [0.2, 0.25) is 0 Å². The molecule has 1 nitrogen and oxygen atoms in total. The highest BCUT2D eigenvalue weighted by molar-refractivity contribution is 5.78. The van der Waals surface area contributed by atoms with E-state index in [0.717, 1.165) is 6.08 Å². The summed E-state index contributed by atoms with van der Waals surface area (Å²) in [4.78, 5) is 10.0. The van der Waals surface area contributed by atoms with Crippen molar-refractivity contribution in [2.24, 2.45) is 0 Å². The number of hydrogen-bond acceptors (Lipinski definition) is 1. The molecule has 0 aliphatic heterocycles. The van der Waals surface area contributed by atoms with Gasteiger partial charge in [0.15, 0.2) is 6.17 Å². The van der Waals surface area contributed by atoms with Crippen LogP contribution in [0.5, 0.6) is 0 Å². The van der Waals surface area contributed by atoms with E-state index in [2.05, 4.69) is 0 Å². The fraction of sp³-hybridized carbons (Fsp3) is 0.286. The molecule has 54 valence electrons. The second-order valence-corrected chi connectivity index (χ2v) is 2.05. The molecule has 0 amide bonds. The number of allylic oxidation sites excluding steroid dienone is 4. The van der Waals surface area contributed by atoms with E-state index in [4.69, 9.17) is 0 Å². The molecule has 0 aromatic rings. The molecule has 0 bridgehead atoms. The molecule has 1 atom stereocenters. The zero-order chi connectivity index (χ0) is 7.56. The molecule has 0 fully saturated rings.